The number of benzene rings is 1. The molecule has 3 heteroatoms. The smallest absolute Gasteiger partial charge is 0.292 e. The van der Waals surface area contributed by atoms with Gasteiger partial charge in [-0.3, -0.25) is 4.79 Å². The monoisotopic (exact) mass is 147 g/mol. The molecule has 1 aromatic rings. The highest BCUT2D eigenvalue weighted by Crippen LogP contribution is 2.14. The Labute approximate surface area is 63.8 Å². The molecular formula is C8H5NO2. The van der Waals surface area contributed by atoms with Crippen molar-refractivity contribution in [1.29, 1.82) is 5.26 Å². The van der Waals surface area contributed by atoms with Gasteiger partial charge in [0.15, 0.2) is 12.0 Å². The summed E-state index contributed by atoms with van der Waals surface area (Å²) in [7, 11) is 0. The van der Waals surface area contributed by atoms with E-state index >= 15 is 0 Å². The third-order valence-electron chi connectivity index (χ3n) is 1.20. The lowest BCUT2D eigenvalue weighted by Gasteiger charge is -1.96. The second-order valence-electron chi connectivity index (χ2n) is 1.85. The minimum Gasteiger partial charge on any atom is -0.387 e. The minimum absolute atomic E-state index is 0.296. The fourth-order valence-electron chi connectivity index (χ4n) is 0.720. The van der Waals surface area contributed by atoms with Gasteiger partial charge in [-0.25, -0.2) is 0 Å². The summed E-state index contributed by atoms with van der Waals surface area (Å²) in [6.45, 7) is 0. The maximum absolute atomic E-state index is 10.3. The van der Waals surface area contributed by atoms with E-state index < -0.39 is 0 Å². The third-order valence-corrected chi connectivity index (χ3v) is 1.20. The van der Waals surface area contributed by atoms with Crippen molar-refractivity contribution >= 4 is 6.29 Å². The highest BCUT2D eigenvalue weighted by molar-refractivity contribution is 5.79. The first kappa shape index (κ1) is 7.29. The van der Waals surface area contributed by atoms with Crippen molar-refractivity contribution in [3.8, 4) is 12.0 Å². The van der Waals surface area contributed by atoms with Crippen LogP contribution in [0.15, 0.2) is 24.3 Å². The van der Waals surface area contributed by atoms with Crippen molar-refractivity contribution in [3.63, 3.8) is 0 Å². The predicted octanol–water partition coefficient (Wildman–Crippen LogP) is 1.36. The summed E-state index contributed by atoms with van der Waals surface area (Å²) in [4.78, 5) is 10.3. The Hall–Kier alpha value is -1.82. The molecule has 11 heavy (non-hydrogen) atoms. The van der Waals surface area contributed by atoms with Crippen molar-refractivity contribution in [2.75, 3.05) is 0 Å². The number of rotatable bonds is 2. The number of hydrogen-bond donors (Lipinski definition) is 0. The number of para-hydroxylation sites is 1. The molecule has 0 fully saturated rings. The van der Waals surface area contributed by atoms with Gasteiger partial charge in [-0.05, 0) is 12.1 Å². The van der Waals surface area contributed by atoms with E-state index in [9.17, 15) is 4.79 Å². The Bertz CT molecular complexity index is 301. The molecule has 0 aliphatic rings. The van der Waals surface area contributed by atoms with Crippen LogP contribution in [0.2, 0.25) is 0 Å². The van der Waals surface area contributed by atoms with Crippen LogP contribution in [0.3, 0.4) is 0 Å². The van der Waals surface area contributed by atoms with Crippen molar-refractivity contribution in [3.05, 3.63) is 29.8 Å². The maximum Gasteiger partial charge on any atom is 0.292 e. The Morgan fingerprint density at radius 2 is 2.18 bits per heavy atom. The molecule has 0 radical (unpaired) electrons. The van der Waals surface area contributed by atoms with Crippen molar-refractivity contribution < 1.29 is 9.53 Å². The van der Waals surface area contributed by atoms with E-state index in [4.69, 9.17) is 5.26 Å². The molecule has 0 atom stereocenters. The molecule has 1 aromatic carbocycles. The number of carbonyl (C=O) groups is 1. The van der Waals surface area contributed by atoms with Crippen LogP contribution >= 0.6 is 0 Å². The largest absolute Gasteiger partial charge is 0.387 e. The highest BCUT2D eigenvalue weighted by Gasteiger charge is 1.99. The zero-order chi connectivity index (χ0) is 8.10. The second-order valence-corrected chi connectivity index (χ2v) is 1.85. The molecule has 0 saturated heterocycles. The highest BCUT2D eigenvalue weighted by atomic mass is 16.5. The number of hydrogen-bond acceptors (Lipinski definition) is 3. The minimum atomic E-state index is 0.296. The van der Waals surface area contributed by atoms with E-state index in [1.165, 1.54) is 6.26 Å². The summed E-state index contributed by atoms with van der Waals surface area (Å²) in [5.41, 5.74) is 0.383. The molecule has 0 unspecified atom stereocenters. The number of carbonyl (C=O) groups excluding carboxylic acids is 1. The molecule has 0 spiro atoms. The normalized spacial score (nSPS) is 8.27. The summed E-state index contributed by atoms with van der Waals surface area (Å²) >= 11 is 0. The predicted molar refractivity (Wildman–Crippen MR) is 38.1 cm³/mol. The zero-order valence-corrected chi connectivity index (χ0v) is 5.65. The molecule has 1 rings (SSSR count). The summed E-state index contributed by atoms with van der Waals surface area (Å²) < 4.78 is 4.50. The first-order valence-corrected chi connectivity index (χ1v) is 2.98. The Balaban J connectivity index is 3.04. The lowest BCUT2D eigenvalue weighted by molar-refractivity contribution is 0.112. The molecule has 0 N–H and O–H groups in total. The third kappa shape index (κ3) is 1.55. The number of nitrogens with zero attached hydrogens (tertiary/aromatic N) is 1. The lowest BCUT2D eigenvalue weighted by atomic mass is 10.2. The average Bonchev–Trinajstić information content (AvgIpc) is 2.06. The van der Waals surface area contributed by atoms with Crippen LogP contribution < -0.4 is 4.74 Å². The lowest BCUT2D eigenvalue weighted by Crippen LogP contribution is -1.87. The van der Waals surface area contributed by atoms with Gasteiger partial charge in [0.1, 0.15) is 0 Å². The van der Waals surface area contributed by atoms with Gasteiger partial charge in [0, 0.05) is 0 Å². The molecule has 0 aliphatic carbocycles. The van der Waals surface area contributed by atoms with Gasteiger partial charge < -0.3 is 4.74 Å². The molecule has 0 bridgehead atoms. The van der Waals surface area contributed by atoms with Gasteiger partial charge >= 0.3 is 0 Å². The Morgan fingerprint density at radius 1 is 1.45 bits per heavy atom. The van der Waals surface area contributed by atoms with Crippen LogP contribution in [0, 0.1) is 11.5 Å². The molecule has 0 saturated carbocycles. The van der Waals surface area contributed by atoms with E-state index in [-0.39, 0.29) is 0 Å². The number of nitriles is 1. The SMILES string of the molecule is N#COc1ccccc1C=O. The molecule has 0 heterocycles. The quantitative estimate of drug-likeness (QED) is 0.468. The van der Waals surface area contributed by atoms with Crippen LogP contribution in [0.25, 0.3) is 0 Å². The maximum atomic E-state index is 10.3. The van der Waals surface area contributed by atoms with Crippen LogP contribution in [0.1, 0.15) is 10.4 Å². The van der Waals surface area contributed by atoms with E-state index in [0.717, 1.165) is 0 Å². The number of ether oxygens (including phenoxy) is 1. The Kier molecular flexibility index (Phi) is 2.24. The van der Waals surface area contributed by atoms with E-state index in [1.807, 2.05) is 0 Å². The van der Waals surface area contributed by atoms with Crippen LogP contribution in [0.4, 0.5) is 0 Å². The van der Waals surface area contributed by atoms with Crippen molar-refractivity contribution in [2.45, 2.75) is 0 Å². The molecule has 0 aliphatic heterocycles. The molecule has 3 nitrogen and oxygen atoms in total. The van der Waals surface area contributed by atoms with Crippen molar-refractivity contribution in [2.24, 2.45) is 0 Å². The molecule has 0 amide bonds. The van der Waals surface area contributed by atoms with Crippen LogP contribution in [-0.4, -0.2) is 6.29 Å². The summed E-state index contributed by atoms with van der Waals surface area (Å²) in [5.74, 6) is 0.296. The first-order chi connectivity index (χ1) is 5.38. The fourth-order valence-corrected chi connectivity index (χ4v) is 0.720. The van der Waals surface area contributed by atoms with Gasteiger partial charge in [0.05, 0.1) is 5.56 Å². The fraction of sp³-hybridized carbons (Fsp3) is 0. The molecular weight excluding hydrogens is 142 g/mol. The van der Waals surface area contributed by atoms with Crippen LogP contribution in [0.5, 0.6) is 5.75 Å². The van der Waals surface area contributed by atoms with Gasteiger partial charge in [-0.2, -0.15) is 0 Å². The first-order valence-electron chi connectivity index (χ1n) is 2.98. The van der Waals surface area contributed by atoms with E-state index in [0.29, 0.717) is 17.6 Å². The number of aldehydes is 1. The van der Waals surface area contributed by atoms with Gasteiger partial charge in [-0.15, -0.1) is 5.26 Å². The van der Waals surface area contributed by atoms with E-state index in [1.54, 1.807) is 24.3 Å². The zero-order valence-electron chi connectivity index (χ0n) is 5.65. The van der Waals surface area contributed by atoms with Crippen LogP contribution in [-0.2, 0) is 0 Å². The van der Waals surface area contributed by atoms with E-state index in [2.05, 4.69) is 4.74 Å². The Morgan fingerprint density at radius 3 is 2.82 bits per heavy atom. The van der Waals surface area contributed by atoms with Crippen molar-refractivity contribution in [1.82, 2.24) is 0 Å². The summed E-state index contributed by atoms with van der Waals surface area (Å²) in [5, 5.41) is 8.15. The van der Waals surface area contributed by atoms with Gasteiger partial charge in [0.25, 0.3) is 6.26 Å². The van der Waals surface area contributed by atoms with Gasteiger partial charge in [0.2, 0.25) is 0 Å². The topological polar surface area (TPSA) is 50.1 Å². The second kappa shape index (κ2) is 3.37. The summed E-state index contributed by atoms with van der Waals surface area (Å²) in [6.07, 6.45) is 2.15. The molecule has 0 aromatic heterocycles. The standard InChI is InChI=1S/C8H5NO2/c9-6-11-8-4-2-1-3-7(8)5-10/h1-5H. The molecule has 54 valence electrons. The average molecular weight is 147 g/mol. The summed E-state index contributed by atoms with van der Waals surface area (Å²) in [6, 6.07) is 6.54. The van der Waals surface area contributed by atoms with Gasteiger partial charge in [-0.1, -0.05) is 12.1 Å².